The van der Waals surface area contributed by atoms with E-state index in [-0.39, 0.29) is 30.3 Å². The van der Waals surface area contributed by atoms with Crippen LogP contribution in [0.15, 0.2) is 48.5 Å². The van der Waals surface area contributed by atoms with Crippen LogP contribution in [0.2, 0.25) is 0 Å². The lowest BCUT2D eigenvalue weighted by atomic mass is 9.98. The molecule has 0 aliphatic heterocycles. The van der Waals surface area contributed by atoms with Crippen molar-refractivity contribution in [2.24, 2.45) is 11.8 Å². The number of hydrogen-bond acceptors (Lipinski definition) is 4. The summed E-state index contributed by atoms with van der Waals surface area (Å²) in [4.78, 5) is 36.0. The zero-order valence-corrected chi connectivity index (χ0v) is 18.0. The summed E-state index contributed by atoms with van der Waals surface area (Å²) in [6, 6.07) is 15.5. The molecule has 0 heterocycles. The average molecular weight is 437 g/mol. The molecule has 0 spiro atoms. The van der Waals surface area contributed by atoms with Gasteiger partial charge in [0, 0.05) is 12.5 Å². The lowest BCUT2D eigenvalue weighted by molar-refractivity contribution is -0.139. The standard InChI is InChI=1S/C25H28N2O5/c1-2-7-22(23(28)26-13-15-12-20(15)24(29)30)27-25(31)32-14-21-18-10-5-3-8-16(18)17-9-4-6-11-19(17)21/h3-6,8-11,15,20-22H,2,7,12-14H2,1H3,(H,26,28)(H,27,31)(H,29,30)/t15-,20-,22?/m1/s1. The van der Waals surface area contributed by atoms with Crippen LogP contribution < -0.4 is 10.6 Å². The van der Waals surface area contributed by atoms with Gasteiger partial charge in [-0.2, -0.15) is 0 Å². The second kappa shape index (κ2) is 9.42. The topological polar surface area (TPSA) is 105 Å². The summed E-state index contributed by atoms with van der Waals surface area (Å²) in [5.74, 6) is -1.60. The van der Waals surface area contributed by atoms with Gasteiger partial charge < -0.3 is 20.5 Å². The molecule has 7 nitrogen and oxygen atoms in total. The number of hydrogen-bond donors (Lipinski definition) is 3. The molecule has 4 rings (SSSR count). The monoisotopic (exact) mass is 436 g/mol. The van der Waals surface area contributed by atoms with E-state index in [2.05, 4.69) is 34.9 Å². The minimum absolute atomic E-state index is 0.0341. The molecule has 32 heavy (non-hydrogen) atoms. The van der Waals surface area contributed by atoms with Gasteiger partial charge in [-0.15, -0.1) is 0 Å². The fourth-order valence-corrected chi connectivity index (χ4v) is 4.47. The fourth-order valence-electron chi connectivity index (χ4n) is 4.47. The molecule has 1 saturated carbocycles. The maximum Gasteiger partial charge on any atom is 0.407 e. The average Bonchev–Trinajstić information content (AvgIpc) is 3.51. The highest BCUT2D eigenvalue weighted by atomic mass is 16.5. The maximum atomic E-state index is 12.5. The van der Waals surface area contributed by atoms with Crippen molar-refractivity contribution in [3.05, 3.63) is 59.7 Å². The molecule has 0 radical (unpaired) electrons. The van der Waals surface area contributed by atoms with Gasteiger partial charge >= 0.3 is 12.1 Å². The van der Waals surface area contributed by atoms with Crippen molar-refractivity contribution >= 4 is 18.0 Å². The van der Waals surface area contributed by atoms with Gasteiger partial charge in [0.25, 0.3) is 0 Å². The summed E-state index contributed by atoms with van der Waals surface area (Å²) in [5.41, 5.74) is 4.56. The molecule has 7 heteroatoms. The van der Waals surface area contributed by atoms with Crippen LogP contribution in [-0.4, -0.2) is 42.3 Å². The van der Waals surface area contributed by atoms with Crippen molar-refractivity contribution in [2.45, 2.75) is 38.1 Å². The number of alkyl carbamates (subject to hydrolysis) is 1. The molecule has 2 aliphatic rings. The van der Waals surface area contributed by atoms with Crippen LogP contribution in [0.25, 0.3) is 11.1 Å². The number of ether oxygens (including phenoxy) is 1. The van der Waals surface area contributed by atoms with Crippen LogP contribution in [-0.2, 0) is 14.3 Å². The van der Waals surface area contributed by atoms with Gasteiger partial charge in [0.2, 0.25) is 5.91 Å². The molecule has 1 fully saturated rings. The number of carbonyl (C=O) groups excluding carboxylic acids is 2. The summed E-state index contributed by atoms with van der Waals surface area (Å²) in [6.45, 7) is 2.42. The first-order valence-corrected chi connectivity index (χ1v) is 11.1. The number of carbonyl (C=O) groups is 3. The number of benzene rings is 2. The summed E-state index contributed by atoms with van der Waals surface area (Å²) in [6.07, 6.45) is 1.13. The molecule has 3 N–H and O–H groups in total. The van der Waals surface area contributed by atoms with Gasteiger partial charge in [-0.1, -0.05) is 61.9 Å². The molecule has 0 aromatic heterocycles. The third-order valence-corrected chi connectivity index (χ3v) is 6.31. The van der Waals surface area contributed by atoms with Crippen molar-refractivity contribution in [3.63, 3.8) is 0 Å². The van der Waals surface area contributed by atoms with E-state index in [1.807, 2.05) is 31.2 Å². The zero-order valence-electron chi connectivity index (χ0n) is 18.0. The van der Waals surface area contributed by atoms with E-state index in [1.165, 1.54) is 0 Å². The number of rotatable bonds is 9. The van der Waals surface area contributed by atoms with Crippen LogP contribution >= 0.6 is 0 Å². The van der Waals surface area contributed by atoms with Crippen LogP contribution in [0.1, 0.15) is 43.2 Å². The minimum atomic E-state index is -0.828. The quantitative estimate of drug-likeness (QED) is 0.558. The van der Waals surface area contributed by atoms with Gasteiger partial charge in [0.1, 0.15) is 12.6 Å². The number of carboxylic acid groups (broad SMARTS) is 1. The number of amides is 2. The second-order valence-electron chi connectivity index (χ2n) is 8.50. The Hall–Kier alpha value is -3.35. The Morgan fingerprint density at radius 2 is 1.69 bits per heavy atom. The van der Waals surface area contributed by atoms with Crippen molar-refractivity contribution in [1.29, 1.82) is 0 Å². The lowest BCUT2D eigenvalue weighted by Gasteiger charge is -2.19. The summed E-state index contributed by atoms with van der Waals surface area (Å²) < 4.78 is 5.55. The van der Waals surface area contributed by atoms with Crippen LogP contribution in [0.4, 0.5) is 4.79 Å². The smallest absolute Gasteiger partial charge is 0.407 e. The van der Waals surface area contributed by atoms with Gasteiger partial charge in [-0.05, 0) is 41.0 Å². The molecule has 3 atom stereocenters. The third-order valence-electron chi connectivity index (χ3n) is 6.31. The van der Waals surface area contributed by atoms with Crippen LogP contribution in [0.3, 0.4) is 0 Å². The van der Waals surface area contributed by atoms with Gasteiger partial charge in [-0.25, -0.2) is 4.79 Å². The summed E-state index contributed by atoms with van der Waals surface area (Å²) >= 11 is 0. The Morgan fingerprint density at radius 3 is 2.25 bits per heavy atom. The van der Waals surface area contributed by atoms with Crippen molar-refractivity contribution in [2.75, 3.05) is 13.2 Å². The Balaban J connectivity index is 1.33. The van der Waals surface area contributed by atoms with E-state index < -0.39 is 18.1 Å². The van der Waals surface area contributed by atoms with Gasteiger partial charge in [0.15, 0.2) is 0 Å². The molecule has 2 amide bonds. The predicted octanol–water partition coefficient (Wildman–Crippen LogP) is 3.53. The molecular weight excluding hydrogens is 408 g/mol. The van der Waals surface area contributed by atoms with Gasteiger partial charge in [0.05, 0.1) is 5.92 Å². The molecule has 168 valence electrons. The van der Waals surface area contributed by atoms with Gasteiger partial charge in [-0.3, -0.25) is 9.59 Å². The number of carboxylic acids is 1. The number of nitrogens with one attached hydrogen (secondary N) is 2. The summed E-state index contributed by atoms with van der Waals surface area (Å²) in [5, 5.41) is 14.4. The van der Waals surface area contributed by atoms with Crippen molar-refractivity contribution in [3.8, 4) is 11.1 Å². The van der Waals surface area contributed by atoms with Crippen molar-refractivity contribution in [1.82, 2.24) is 10.6 Å². The number of aliphatic carboxylic acids is 1. The minimum Gasteiger partial charge on any atom is -0.481 e. The van der Waals surface area contributed by atoms with Crippen molar-refractivity contribution < 1.29 is 24.2 Å². The Labute approximate surface area is 187 Å². The molecule has 0 bridgehead atoms. The molecular formula is C25H28N2O5. The highest BCUT2D eigenvalue weighted by Crippen LogP contribution is 2.44. The molecule has 2 aliphatic carbocycles. The second-order valence-corrected chi connectivity index (χ2v) is 8.50. The van der Waals surface area contributed by atoms with E-state index in [1.54, 1.807) is 0 Å². The third kappa shape index (κ3) is 4.61. The first-order chi connectivity index (χ1) is 15.5. The summed E-state index contributed by atoms with van der Waals surface area (Å²) in [7, 11) is 0. The first-order valence-electron chi connectivity index (χ1n) is 11.1. The fraction of sp³-hybridized carbons (Fsp3) is 0.400. The SMILES string of the molecule is CCCC(NC(=O)OCC1c2ccccc2-c2ccccc21)C(=O)NC[C@H]1C[C@H]1C(=O)O. The Kier molecular flexibility index (Phi) is 6.44. The van der Waals surface area contributed by atoms with E-state index in [0.29, 0.717) is 25.8 Å². The highest BCUT2D eigenvalue weighted by molar-refractivity contribution is 5.86. The highest BCUT2D eigenvalue weighted by Gasteiger charge is 2.43. The zero-order chi connectivity index (χ0) is 22.7. The Bertz CT molecular complexity index is 975. The molecule has 2 aromatic rings. The van der Waals surface area contributed by atoms with E-state index >= 15 is 0 Å². The van der Waals surface area contributed by atoms with E-state index in [9.17, 15) is 14.4 Å². The molecule has 1 unspecified atom stereocenters. The van der Waals surface area contributed by atoms with Crippen LogP contribution in [0.5, 0.6) is 0 Å². The number of fused-ring (bicyclic) bond motifs is 3. The van der Waals surface area contributed by atoms with Crippen LogP contribution in [0, 0.1) is 11.8 Å². The van der Waals surface area contributed by atoms with E-state index in [0.717, 1.165) is 22.3 Å². The predicted molar refractivity (Wildman–Crippen MR) is 119 cm³/mol. The maximum absolute atomic E-state index is 12.5. The first kappa shape index (κ1) is 21.9. The normalized spacial score (nSPS) is 19.4. The Morgan fingerprint density at radius 1 is 1.06 bits per heavy atom. The molecule has 2 aromatic carbocycles. The van der Waals surface area contributed by atoms with E-state index in [4.69, 9.17) is 9.84 Å². The lowest BCUT2D eigenvalue weighted by Crippen LogP contribution is -2.47. The molecule has 0 saturated heterocycles. The largest absolute Gasteiger partial charge is 0.481 e.